The van der Waals surface area contributed by atoms with Crippen molar-refractivity contribution in [1.29, 1.82) is 0 Å². The van der Waals surface area contributed by atoms with Gasteiger partial charge in [0.1, 0.15) is 23.4 Å². The van der Waals surface area contributed by atoms with Crippen molar-refractivity contribution in [1.82, 2.24) is 14.7 Å². The van der Waals surface area contributed by atoms with Crippen LogP contribution in [0.3, 0.4) is 0 Å². The summed E-state index contributed by atoms with van der Waals surface area (Å²) in [6, 6.07) is 14.1. The molecule has 4 aromatic rings. The predicted molar refractivity (Wildman–Crippen MR) is 152 cm³/mol. The van der Waals surface area contributed by atoms with Crippen molar-refractivity contribution in [3.8, 4) is 5.69 Å². The molecule has 12 heteroatoms. The third-order valence-corrected chi connectivity index (χ3v) is 7.25. The van der Waals surface area contributed by atoms with E-state index in [-0.39, 0.29) is 36.3 Å². The first-order valence-corrected chi connectivity index (χ1v) is 13.5. The average Bonchev–Trinajstić information content (AvgIpc) is 3.57. The number of carbonyl (C=O) groups excluding carboxylic acids is 3. The summed E-state index contributed by atoms with van der Waals surface area (Å²) in [7, 11) is 0. The van der Waals surface area contributed by atoms with Gasteiger partial charge in [-0.05, 0) is 75.7 Å². The van der Waals surface area contributed by atoms with E-state index in [4.69, 9.17) is 9.15 Å². The maximum absolute atomic E-state index is 13.8. The number of benzene rings is 2. The van der Waals surface area contributed by atoms with Crippen LogP contribution in [0.1, 0.15) is 47.3 Å². The van der Waals surface area contributed by atoms with E-state index in [1.165, 1.54) is 9.58 Å². The lowest BCUT2D eigenvalue weighted by Gasteiger charge is -2.35. The number of carbonyl (C=O) groups is 4. The van der Waals surface area contributed by atoms with Crippen LogP contribution in [0.4, 0.5) is 16.2 Å². The van der Waals surface area contributed by atoms with Crippen molar-refractivity contribution < 1.29 is 33.4 Å². The first-order valence-electron chi connectivity index (χ1n) is 13.5. The Hall–Kier alpha value is -5.13. The Balaban J connectivity index is 1.23. The number of piperazine rings is 1. The molecule has 2 aliphatic rings. The van der Waals surface area contributed by atoms with Crippen LogP contribution in [-0.4, -0.2) is 75.4 Å². The Morgan fingerprint density at radius 1 is 0.929 bits per heavy atom. The normalized spacial score (nSPS) is 15.7. The molecule has 2 aliphatic heterocycles. The molecule has 0 unspecified atom stereocenters. The standard InChI is InChI=1S/C30H29N5O7/c1-30(2,3)42-29(40)32-13-14-33(24(36)17-32)19-4-6-20(7-5-19)34-12-10-22-25(28(38)39)31-35(26(22)27(34)37)21-8-9-23-18(16-21)11-15-41-23/h4-9,11,15-16H,10,12-14,17H2,1-3H3,(H,38,39). The number of nitrogens with zero attached hydrogens (tertiary/aromatic N) is 5. The molecule has 0 spiro atoms. The second kappa shape index (κ2) is 10.1. The highest BCUT2D eigenvalue weighted by Gasteiger charge is 2.36. The molecule has 2 aromatic heterocycles. The van der Waals surface area contributed by atoms with Crippen LogP contribution in [0.5, 0.6) is 0 Å². The van der Waals surface area contributed by atoms with Gasteiger partial charge >= 0.3 is 12.1 Å². The molecule has 4 heterocycles. The number of ether oxygens (including phenoxy) is 1. The van der Waals surface area contributed by atoms with Gasteiger partial charge in [-0.3, -0.25) is 14.5 Å². The smallest absolute Gasteiger partial charge is 0.410 e. The number of carboxylic acids is 1. The molecule has 2 aromatic carbocycles. The highest BCUT2D eigenvalue weighted by molar-refractivity contribution is 6.09. The molecule has 6 rings (SSSR count). The molecular formula is C30H29N5O7. The lowest BCUT2D eigenvalue weighted by atomic mass is 10.0. The summed E-state index contributed by atoms with van der Waals surface area (Å²) in [5.74, 6) is -1.81. The monoisotopic (exact) mass is 571 g/mol. The number of aromatic nitrogens is 2. The minimum Gasteiger partial charge on any atom is -0.476 e. The molecule has 0 saturated carbocycles. The maximum atomic E-state index is 13.8. The number of fused-ring (bicyclic) bond motifs is 2. The van der Waals surface area contributed by atoms with Gasteiger partial charge in [-0.25, -0.2) is 14.3 Å². The van der Waals surface area contributed by atoms with Gasteiger partial charge in [0.15, 0.2) is 5.69 Å². The Morgan fingerprint density at radius 3 is 2.29 bits per heavy atom. The first-order chi connectivity index (χ1) is 20.0. The van der Waals surface area contributed by atoms with Gasteiger partial charge in [-0.1, -0.05) is 0 Å². The van der Waals surface area contributed by atoms with Crippen molar-refractivity contribution >= 4 is 46.2 Å². The van der Waals surface area contributed by atoms with E-state index >= 15 is 0 Å². The molecule has 0 aliphatic carbocycles. The molecule has 1 fully saturated rings. The molecule has 0 atom stereocenters. The lowest BCUT2D eigenvalue weighted by Crippen LogP contribution is -2.53. The SMILES string of the molecule is CC(C)(C)OC(=O)N1CCN(c2ccc(N3CCc4c(C(=O)O)nn(-c5ccc6occc6c5)c4C3=O)cc2)C(=O)C1. The summed E-state index contributed by atoms with van der Waals surface area (Å²) in [6.45, 7) is 6.14. The average molecular weight is 572 g/mol. The first kappa shape index (κ1) is 27.1. The molecule has 1 saturated heterocycles. The van der Waals surface area contributed by atoms with Crippen LogP contribution in [0.25, 0.3) is 16.7 Å². The number of amides is 3. The van der Waals surface area contributed by atoms with E-state index in [1.807, 2.05) is 0 Å². The summed E-state index contributed by atoms with van der Waals surface area (Å²) in [5.41, 5.74) is 2.23. The van der Waals surface area contributed by atoms with Crippen LogP contribution in [0.15, 0.2) is 59.2 Å². The minimum absolute atomic E-state index is 0.0927. The summed E-state index contributed by atoms with van der Waals surface area (Å²) in [5, 5.41) is 14.9. The zero-order chi connectivity index (χ0) is 29.8. The Bertz CT molecular complexity index is 1730. The number of carboxylic acid groups (broad SMARTS) is 1. The van der Waals surface area contributed by atoms with Gasteiger partial charge in [0.05, 0.1) is 12.0 Å². The second-order valence-electron chi connectivity index (χ2n) is 11.2. The summed E-state index contributed by atoms with van der Waals surface area (Å²) in [6.07, 6.45) is 1.34. The van der Waals surface area contributed by atoms with Crippen molar-refractivity contribution in [3.63, 3.8) is 0 Å². The van der Waals surface area contributed by atoms with Crippen molar-refractivity contribution in [2.45, 2.75) is 32.8 Å². The summed E-state index contributed by atoms with van der Waals surface area (Å²) >= 11 is 0. The van der Waals surface area contributed by atoms with Crippen LogP contribution in [0.2, 0.25) is 0 Å². The summed E-state index contributed by atoms with van der Waals surface area (Å²) < 4.78 is 12.2. The molecule has 0 bridgehead atoms. The largest absolute Gasteiger partial charge is 0.476 e. The Kier molecular flexibility index (Phi) is 6.48. The van der Waals surface area contributed by atoms with E-state index in [1.54, 1.807) is 85.4 Å². The summed E-state index contributed by atoms with van der Waals surface area (Å²) in [4.78, 5) is 55.7. The van der Waals surface area contributed by atoms with E-state index in [0.717, 1.165) is 5.39 Å². The molecule has 1 N–H and O–H groups in total. The van der Waals surface area contributed by atoms with Gasteiger partial charge in [0, 0.05) is 42.0 Å². The van der Waals surface area contributed by atoms with Crippen LogP contribution in [0, 0.1) is 0 Å². The van der Waals surface area contributed by atoms with Crippen molar-refractivity contribution in [3.05, 3.63) is 71.7 Å². The molecule has 12 nitrogen and oxygen atoms in total. The Labute approximate surface area is 240 Å². The van der Waals surface area contributed by atoms with Crippen LogP contribution >= 0.6 is 0 Å². The van der Waals surface area contributed by atoms with Gasteiger partial charge < -0.3 is 24.1 Å². The zero-order valence-corrected chi connectivity index (χ0v) is 23.4. The van der Waals surface area contributed by atoms with E-state index in [9.17, 15) is 24.3 Å². The maximum Gasteiger partial charge on any atom is 0.410 e. The molecule has 0 radical (unpaired) electrons. The highest BCUT2D eigenvalue weighted by atomic mass is 16.6. The number of aromatic carboxylic acids is 1. The van der Waals surface area contributed by atoms with Gasteiger partial charge in [0.2, 0.25) is 5.91 Å². The van der Waals surface area contributed by atoms with Crippen molar-refractivity contribution in [2.24, 2.45) is 0 Å². The third kappa shape index (κ3) is 4.84. The fourth-order valence-corrected chi connectivity index (χ4v) is 5.29. The fraction of sp³-hybridized carbons (Fsp3) is 0.300. The number of furan rings is 1. The predicted octanol–water partition coefficient (Wildman–Crippen LogP) is 4.10. The van der Waals surface area contributed by atoms with E-state index < -0.39 is 17.7 Å². The zero-order valence-electron chi connectivity index (χ0n) is 23.4. The highest BCUT2D eigenvalue weighted by Crippen LogP contribution is 2.31. The van der Waals surface area contributed by atoms with Gasteiger partial charge in [-0.2, -0.15) is 5.10 Å². The number of anilines is 2. The van der Waals surface area contributed by atoms with E-state index in [2.05, 4.69) is 5.10 Å². The topological polar surface area (TPSA) is 138 Å². The Morgan fingerprint density at radius 2 is 1.62 bits per heavy atom. The van der Waals surface area contributed by atoms with Gasteiger partial charge in [0.25, 0.3) is 5.91 Å². The molecular weight excluding hydrogens is 542 g/mol. The molecule has 42 heavy (non-hydrogen) atoms. The lowest BCUT2D eigenvalue weighted by molar-refractivity contribution is -0.121. The van der Waals surface area contributed by atoms with E-state index in [0.29, 0.717) is 47.7 Å². The van der Waals surface area contributed by atoms with Crippen molar-refractivity contribution in [2.75, 3.05) is 36.0 Å². The quantitative estimate of drug-likeness (QED) is 0.386. The van der Waals surface area contributed by atoms with Gasteiger partial charge in [-0.15, -0.1) is 0 Å². The number of hydrogen-bond donors (Lipinski definition) is 1. The number of rotatable bonds is 4. The van der Waals surface area contributed by atoms with Crippen LogP contribution in [-0.2, 0) is 16.0 Å². The minimum atomic E-state index is -1.20. The molecule has 3 amide bonds. The number of hydrogen-bond acceptors (Lipinski definition) is 7. The fourth-order valence-electron chi connectivity index (χ4n) is 5.29. The second-order valence-corrected chi connectivity index (χ2v) is 11.2. The van der Waals surface area contributed by atoms with Crippen LogP contribution < -0.4 is 9.80 Å². The third-order valence-electron chi connectivity index (χ3n) is 7.25. The molecule has 216 valence electrons.